The van der Waals surface area contributed by atoms with Gasteiger partial charge < -0.3 is 15.3 Å². The summed E-state index contributed by atoms with van der Waals surface area (Å²) in [4.78, 5) is 11.8. The lowest BCUT2D eigenvalue weighted by Crippen LogP contribution is -2.09. The predicted octanol–water partition coefficient (Wildman–Crippen LogP) is 1.71. The van der Waals surface area contributed by atoms with Crippen molar-refractivity contribution in [2.75, 3.05) is 0 Å². The zero-order chi connectivity index (χ0) is 13.2. The number of benzene rings is 1. The molecule has 0 fully saturated rings. The lowest BCUT2D eigenvalue weighted by molar-refractivity contribution is 0.0933. The van der Waals surface area contributed by atoms with Crippen LogP contribution in [0.3, 0.4) is 0 Å². The van der Waals surface area contributed by atoms with Crippen LogP contribution in [0.5, 0.6) is 17.2 Å². The third-order valence-electron chi connectivity index (χ3n) is 2.39. The van der Waals surface area contributed by atoms with E-state index in [2.05, 4.69) is 0 Å². The number of hydrogen-bond donors (Lipinski definition) is 3. The molecule has 1 rings (SSSR count). The van der Waals surface area contributed by atoms with Crippen molar-refractivity contribution in [1.82, 2.24) is 0 Å². The van der Waals surface area contributed by atoms with Crippen LogP contribution in [0, 0.1) is 17.2 Å². The minimum Gasteiger partial charge on any atom is -0.507 e. The average molecular weight is 235 g/mol. The Balaban J connectivity index is 3.47. The number of carbonyl (C=O) groups is 1. The molecular formula is C12H13NO4. The van der Waals surface area contributed by atoms with Crippen molar-refractivity contribution in [1.29, 1.82) is 5.26 Å². The number of aromatic hydroxyl groups is 3. The molecule has 0 amide bonds. The molecule has 0 saturated heterocycles. The Bertz CT molecular complexity index is 500. The van der Waals surface area contributed by atoms with Crippen LogP contribution in [0.2, 0.25) is 0 Å². The summed E-state index contributed by atoms with van der Waals surface area (Å²) in [7, 11) is 0. The van der Waals surface area contributed by atoms with Crippen LogP contribution in [0.25, 0.3) is 0 Å². The highest BCUT2D eigenvalue weighted by Gasteiger charge is 2.24. The largest absolute Gasteiger partial charge is 0.507 e. The Labute approximate surface area is 98.6 Å². The van der Waals surface area contributed by atoms with Crippen LogP contribution in [0.4, 0.5) is 0 Å². The van der Waals surface area contributed by atoms with E-state index in [1.54, 1.807) is 19.9 Å². The fourth-order valence-corrected chi connectivity index (χ4v) is 1.47. The molecule has 17 heavy (non-hydrogen) atoms. The first-order valence-corrected chi connectivity index (χ1v) is 5.08. The van der Waals surface area contributed by atoms with Crippen molar-refractivity contribution in [3.63, 3.8) is 0 Å². The van der Waals surface area contributed by atoms with Gasteiger partial charge in [-0.25, -0.2) is 0 Å². The SMILES string of the molecule is CC(C)C(=O)c1c(O)cc(O)c(CC#N)c1O. The molecule has 0 bridgehead atoms. The van der Waals surface area contributed by atoms with Gasteiger partial charge in [-0.3, -0.25) is 4.79 Å². The second-order valence-corrected chi connectivity index (χ2v) is 3.97. The molecule has 5 heteroatoms. The Morgan fingerprint density at radius 3 is 2.41 bits per heavy atom. The molecule has 0 aliphatic carbocycles. The van der Waals surface area contributed by atoms with Crippen LogP contribution < -0.4 is 0 Å². The third-order valence-corrected chi connectivity index (χ3v) is 2.39. The van der Waals surface area contributed by atoms with Crippen molar-refractivity contribution in [3.05, 3.63) is 17.2 Å². The molecule has 0 aliphatic rings. The topological polar surface area (TPSA) is 102 Å². The first kappa shape index (κ1) is 12.8. The molecule has 5 nitrogen and oxygen atoms in total. The Kier molecular flexibility index (Phi) is 3.59. The monoisotopic (exact) mass is 235 g/mol. The third kappa shape index (κ3) is 2.31. The van der Waals surface area contributed by atoms with Gasteiger partial charge in [0.15, 0.2) is 5.78 Å². The molecule has 0 spiro atoms. The normalized spacial score (nSPS) is 10.2. The maximum atomic E-state index is 11.8. The molecule has 1 aromatic rings. The molecule has 0 radical (unpaired) electrons. The maximum Gasteiger partial charge on any atom is 0.172 e. The number of ketones is 1. The molecule has 0 heterocycles. The smallest absolute Gasteiger partial charge is 0.172 e. The van der Waals surface area contributed by atoms with Gasteiger partial charge in [0, 0.05) is 12.0 Å². The summed E-state index contributed by atoms with van der Waals surface area (Å²) in [6, 6.07) is 2.73. The van der Waals surface area contributed by atoms with E-state index in [0.29, 0.717) is 0 Å². The van der Waals surface area contributed by atoms with Gasteiger partial charge in [0.1, 0.15) is 22.8 Å². The molecular weight excluding hydrogens is 222 g/mol. The van der Waals surface area contributed by atoms with E-state index in [9.17, 15) is 20.1 Å². The number of phenols is 3. The average Bonchev–Trinajstić information content (AvgIpc) is 2.23. The van der Waals surface area contributed by atoms with E-state index in [4.69, 9.17) is 5.26 Å². The first-order valence-electron chi connectivity index (χ1n) is 5.08. The Morgan fingerprint density at radius 1 is 1.35 bits per heavy atom. The fourth-order valence-electron chi connectivity index (χ4n) is 1.47. The minimum atomic E-state index is -0.525. The maximum absolute atomic E-state index is 11.8. The fraction of sp³-hybridized carbons (Fsp3) is 0.333. The summed E-state index contributed by atoms with van der Waals surface area (Å²) in [5.41, 5.74) is -0.294. The first-order chi connectivity index (χ1) is 7.90. The van der Waals surface area contributed by atoms with Gasteiger partial charge in [-0.1, -0.05) is 13.8 Å². The predicted molar refractivity (Wildman–Crippen MR) is 59.9 cm³/mol. The number of phenolic OH excluding ortho intramolecular Hbond substituents is 3. The zero-order valence-corrected chi connectivity index (χ0v) is 9.56. The number of Topliss-reactive ketones (excluding diaryl/α,β-unsaturated/α-hetero) is 1. The molecule has 0 aromatic heterocycles. The highest BCUT2D eigenvalue weighted by atomic mass is 16.3. The van der Waals surface area contributed by atoms with E-state index < -0.39 is 28.9 Å². The molecule has 0 saturated carbocycles. The molecule has 90 valence electrons. The van der Waals surface area contributed by atoms with Crippen molar-refractivity contribution < 1.29 is 20.1 Å². The Morgan fingerprint density at radius 2 is 1.94 bits per heavy atom. The van der Waals surface area contributed by atoms with Crippen LogP contribution in [0.1, 0.15) is 29.8 Å². The summed E-state index contributed by atoms with van der Waals surface area (Å²) in [6.45, 7) is 3.25. The second kappa shape index (κ2) is 4.74. The summed E-state index contributed by atoms with van der Waals surface area (Å²) < 4.78 is 0. The number of carbonyl (C=O) groups excluding carboxylic acids is 1. The van der Waals surface area contributed by atoms with Crippen molar-refractivity contribution >= 4 is 5.78 Å². The number of rotatable bonds is 3. The van der Waals surface area contributed by atoms with Crippen LogP contribution >= 0.6 is 0 Å². The zero-order valence-electron chi connectivity index (χ0n) is 9.56. The van der Waals surface area contributed by atoms with E-state index in [-0.39, 0.29) is 17.5 Å². The van der Waals surface area contributed by atoms with Crippen molar-refractivity contribution in [3.8, 4) is 23.3 Å². The van der Waals surface area contributed by atoms with Gasteiger partial charge >= 0.3 is 0 Å². The molecule has 1 aromatic carbocycles. The Hall–Kier alpha value is -2.22. The minimum absolute atomic E-state index is 0.0469. The molecule has 0 unspecified atom stereocenters. The lowest BCUT2D eigenvalue weighted by atomic mass is 9.95. The van der Waals surface area contributed by atoms with Crippen LogP contribution in [-0.2, 0) is 6.42 Å². The number of nitrogens with zero attached hydrogens (tertiary/aromatic N) is 1. The van der Waals surface area contributed by atoms with Gasteiger partial charge in [0.25, 0.3) is 0 Å². The van der Waals surface area contributed by atoms with Gasteiger partial charge in [-0.2, -0.15) is 5.26 Å². The lowest BCUT2D eigenvalue weighted by Gasteiger charge is -2.12. The highest BCUT2D eigenvalue weighted by Crippen LogP contribution is 2.38. The van der Waals surface area contributed by atoms with E-state index in [0.717, 1.165) is 6.07 Å². The highest BCUT2D eigenvalue weighted by molar-refractivity contribution is 6.03. The standard InChI is InChI=1S/C12H13NO4/c1-6(2)11(16)10-9(15)5-8(14)7(3-4-13)12(10)17/h5-6,14-15,17H,3H2,1-2H3. The van der Waals surface area contributed by atoms with Crippen molar-refractivity contribution in [2.24, 2.45) is 5.92 Å². The van der Waals surface area contributed by atoms with Gasteiger partial charge in [0.2, 0.25) is 0 Å². The van der Waals surface area contributed by atoms with E-state index >= 15 is 0 Å². The molecule has 0 atom stereocenters. The second-order valence-electron chi connectivity index (χ2n) is 3.97. The van der Waals surface area contributed by atoms with Gasteiger partial charge in [-0.15, -0.1) is 0 Å². The van der Waals surface area contributed by atoms with Gasteiger partial charge in [-0.05, 0) is 0 Å². The van der Waals surface area contributed by atoms with E-state index in [1.807, 2.05) is 0 Å². The summed E-state index contributed by atoms with van der Waals surface area (Å²) in [5.74, 6) is -2.27. The van der Waals surface area contributed by atoms with Crippen LogP contribution in [0.15, 0.2) is 6.07 Å². The summed E-state index contributed by atoms with van der Waals surface area (Å²) >= 11 is 0. The van der Waals surface area contributed by atoms with Crippen molar-refractivity contribution in [2.45, 2.75) is 20.3 Å². The summed E-state index contributed by atoms with van der Waals surface area (Å²) in [5, 5.41) is 37.4. The number of hydrogen-bond acceptors (Lipinski definition) is 5. The van der Waals surface area contributed by atoms with Gasteiger partial charge in [0.05, 0.1) is 18.1 Å². The molecule has 0 aliphatic heterocycles. The molecule has 3 N–H and O–H groups in total. The van der Waals surface area contributed by atoms with Crippen LogP contribution in [-0.4, -0.2) is 21.1 Å². The quantitative estimate of drug-likeness (QED) is 0.692. The number of nitriles is 1. The summed E-state index contributed by atoms with van der Waals surface area (Å²) in [6.07, 6.45) is -0.240. The van der Waals surface area contributed by atoms with E-state index in [1.165, 1.54) is 0 Å².